The van der Waals surface area contributed by atoms with Gasteiger partial charge in [0.1, 0.15) is 6.10 Å². The number of hydrogen-bond acceptors (Lipinski definition) is 0. The summed E-state index contributed by atoms with van der Waals surface area (Å²) in [5, 5.41) is 11.7. The topological polar surface area (TPSA) is 19.9 Å². The van der Waals surface area contributed by atoms with Gasteiger partial charge in [0.15, 0.2) is 0 Å². The minimum absolute atomic E-state index is 0.532. The van der Waals surface area contributed by atoms with E-state index in [-0.39, 0.29) is 0 Å². The van der Waals surface area contributed by atoms with Gasteiger partial charge in [0, 0.05) is 0 Å². The Morgan fingerprint density at radius 1 is 1.07 bits per heavy atom. The quantitative estimate of drug-likeness (QED) is 0.660. The predicted octanol–water partition coefficient (Wildman–Crippen LogP) is 4.30. The molecule has 1 heteroatoms. The Morgan fingerprint density at radius 3 is 2.27 bits per heavy atom. The Hall–Kier alpha value is -0.820. The van der Waals surface area contributed by atoms with Gasteiger partial charge in [0.05, 0.1) is 0 Å². The van der Waals surface area contributed by atoms with Crippen LogP contribution in [0.3, 0.4) is 0 Å². The fourth-order valence-electron chi connectivity index (χ4n) is 1.71. The summed E-state index contributed by atoms with van der Waals surface area (Å²) in [4.78, 5) is 0. The van der Waals surface area contributed by atoms with Crippen molar-refractivity contribution in [2.24, 2.45) is 0 Å². The van der Waals surface area contributed by atoms with E-state index in [1.807, 2.05) is 12.1 Å². The molecule has 0 aliphatic rings. The molecule has 0 fully saturated rings. The Kier molecular flexibility index (Phi) is 5.41. The van der Waals surface area contributed by atoms with Gasteiger partial charge in [0.25, 0.3) is 0 Å². The van der Waals surface area contributed by atoms with E-state index in [4.69, 9.17) is 0 Å². The minimum atomic E-state index is -0.532. The first-order chi connectivity index (χ1) is 7.27. The molecule has 1 nitrogen and oxygen atoms in total. The van der Waals surface area contributed by atoms with E-state index in [0.717, 1.165) is 24.8 Å². The summed E-state index contributed by atoms with van der Waals surface area (Å²) >= 11 is 0. The summed E-state index contributed by atoms with van der Waals surface area (Å²) in [7, 11) is 0. The molecule has 15 heavy (non-hydrogen) atoms. The molecular formula is C14H21O. The number of hydrogen-bond donors (Lipinski definition) is 0. The van der Waals surface area contributed by atoms with E-state index in [9.17, 15) is 5.11 Å². The Bertz CT molecular complexity index is 263. The van der Waals surface area contributed by atoms with Crippen molar-refractivity contribution in [3.63, 3.8) is 0 Å². The molecule has 1 atom stereocenters. The van der Waals surface area contributed by atoms with Crippen molar-refractivity contribution in [3.8, 4) is 0 Å². The van der Waals surface area contributed by atoms with Gasteiger partial charge in [-0.25, -0.2) is 5.11 Å². The second kappa shape index (κ2) is 6.62. The lowest BCUT2D eigenvalue weighted by molar-refractivity contribution is 0.0805. The molecule has 0 aliphatic carbocycles. The summed E-state index contributed by atoms with van der Waals surface area (Å²) < 4.78 is 0. The monoisotopic (exact) mass is 205 g/mol. The van der Waals surface area contributed by atoms with E-state index in [1.165, 1.54) is 18.4 Å². The van der Waals surface area contributed by atoms with Gasteiger partial charge in [-0.2, -0.15) is 0 Å². The maximum atomic E-state index is 11.7. The summed E-state index contributed by atoms with van der Waals surface area (Å²) in [5.74, 6) is 0. The Morgan fingerprint density at radius 2 is 1.73 bits per heavy atom. The summed E-state index contributed by atoms with van der Waals surface area (Å²) in [6.45, 7) is 4.25. The average Bonchev–Trinajstić information content (AvgIpc) is 2.27. The maximum Gasteiger partial charge on any atom is 0.118 e. The Balaban J connectivity index is 2.55. The van der Waals surface area contributed by atoms with Gasteiger partial charge < -0.3 is 0 Å². The predicted molar refractivity (Wildman–Crippen MR) is 63.4 cm³/mol. The van der Waals surface area contributed by atoms with Gasteiger partial charge >= 0.3 is 0 Å². The highest BCUT2D eigenvalue weighted by molar-refractivity contribution is 5.24. The average molecular weight is 205 g/mol. The van der Waals surface area contributed by atoms with Crippen LogP contribution in [-0.4, -0.2) is 0 Å². The zero-order chi connectivity index (χ0) is 11.1. The minimum Gasteiger partial charge on any atom is -0.228 e. The van der Waals surface area contributed by atoms with Gasteiger partial charge in [-0.15, -0.1) is 0 Å². The van der Waals surface area contributed by atoms with Crippen LogP contribution in [0, 0.1) is 0 Å². The van der Waals surface area contributed by atoms with Crippen LogP contribution in [0.25, 0.3) is 0 Å². The molecule has 0 saturated heterocycles. The molecule has 0 amide bonds. The van der Waals surface area contributed by atoms with Crippen molar-refractivity contribution >= 4 is 0 Å². The molecule has 1 aromatic rings. The van der Waals surface area contributed by atoms with Crippen LogP contribution in [0.4, 0.5) is 0 Å². The lowest BCUT2D eigenvalue weighted by Crippen LogP contribution is -1.95. The van der Waals surface area contributed by atoms with Crippen LogP contribution in [0.5, 0.6) is 0 Å². The highest BCUT2D eigenvalue weighted by atomic mass is 16.3. The van der Waals surface area contributed by atoms with Crippen molar-refractivity contribution in [2.45, 2.75) is 52.1 Å². The van der Waals surface area contributed by atoms with Crippen LogP contribution in [-0.2, 0) is 11.5 Å². The van der Waals surface area contributed by atoms with Gasteiger partial charge in [-0.3, -0.25) is 0 Å². The molecule has 0 aliphatic heterocycles. The van der Waals surface area contributed by atoms with Crippen LogP contribution in [0.15, 0.2) is 24.3 Å². The van der Waals surface area contributed by atoms with Crippen molar-refractivity contribution in [2.75, 3.05) is 0 Å². The molecule has 83 valence electrons. The molecule has 0 saturated carbocycles. The fraction of sp³-hybridized carbons (Fsp3) is 0.571. The lowest BCUT2D eigenvalue weighted by Gasteiger charge is -2.08. The first-order valence-corrected chi connectivity index (χ1v) is 6.02. The highest BCUT2D eigenvalue weighted by Crippen LogP contribution is 2.19. The normalized spacial score (nSPS) is 12.7. The molecule has 1 rings (SSSR count). The lowest BCUT2D eigenvalue weighted by atomic mass is 10.0. The van der Waals surface area contributed by atoms with Crippen LogP contribution in [0.2, 0.25) is 0 Å². The van der Waals surface area contributed by atoms with E-state index < -0.39 is 6.10 Å². The van der Waals surface area contributed by atoms with E-state index >= 15 is 0 Å². The first-order valence-electron chi connectivity index (χ1n) is 6.02. The molecular weight excluding hydrogens is 184 g/mol. The van der Waals surface area contributed by atoms with E-state index in [0.29, 0.717) is 0 Å². The molecule has 0 aromatic heterocycles. The van der Waals surface area contributed by atoms with Gasteiger partial charge in [0.2, 0.25) is 0 Å². The number of benzene rings is 1. The second-order valence-corrected chi connectivity index (χ2v) is 4.12. The second-order valence-electron chi connectivity index (χ2n) is 4.12. The molecule has 0 N–H and O–H groups in total. The number of unbranched alkanes of at least 4 members (excludes halogenated alkanes) is 1. The highest BCUT2D eigenvalue weighted by Gasteiger charge is 2.07. The van der Waals surface area contributed by atoms with Crippen molar-refractivity contribution in [1.82, 2.24) is 0 Å². The summed E-state index contributed by atoms with van der Waals surface area (Å²) in [6.07, 6.45) is 4.76. The fourth-order valence-corrected chi connectivity index (χ4v) is 1.71. The third kappa shape index (κ3) is 4.05. The smallest absolute Gasteiger partial charge is 0.118 e. The van der Waals surface area contributed by atoms with Crippen molar-refractivity contribution in [1.29, 1.82) is 0 Å². The zero-order valence-corrected chi connectivity index (χ0v) is 9.83. The van der Waals surface area contributed by atoms with E-state index in [2.05, 4.69) is 26.0 Å². The zero-order valence-electron chi connectivity index (χ0n) is 9.83. The van der Waals surface area contributed by atoms with Gasteiger partial charge in [-0.05, 0) is 30.4 Å². The molecule has 0 heterocycles. The largest absolute Gasteiger partial charge is 0.228 e. The van der Waals surface area contributed by atoms with Crippen LogP contribution >= 0.6 is 0 Å². The molecule has 0 spiro atoms. The molecule has 1 radical (unpaired) electrons. The Labute approximate surface area is 93.1 Å². The molecule has 1 aromatic carbocycles. The summed E-state index contributed by atoms with van der Waals surface area (Å²) in [6, 6.07) is 8.20. The SMILES string of the molecule is CCCCc1ccc(C([O])CCC)cc1. The maximum absolute atomic E-state index is 11.7. The third-order valence-electron chi connectivity index (χ3n) is 2.72. The van der Waals surface area contributed by atoms with Crippen LogP contribution < -0.4 is 0 Å². The van der Waals surface area contributed by atoms with Gasteiger partial charge in [-0.1, -0.05) is 51.0 Å². The molecule has 1 unspecified atom stereocenters. The van der Waals surface area contributed by atoms with Crippen LogP contribution in [0.1, 0.15) is 56.8 Å². The summed E-state index contributed by atoms with van der Waals surface area (Å²) in [5.41, 5.74) is 2.29. The number of aryl methyl sites for hydroxylation is 1. The number of rotatable bonds is 6. The molecule has 0 bridgehead atoms. The van der Waals surface area contributed by atoms with Crippen molar-refractivity contribution in [3.05, 3.63) is 35.4 Å². The standard InChI is InChI=1S/C14H21O/c1-3-5-7-12-8-10-13(11-9-12)14(15)6-4-2/h8-11,14H,3-7H2,1-2H3. The van der Waals surface area contributed by atoms with E-state index in [1.54, 1.807) is 0 Å². The third-order valence-corrected chi connectivity index (χ3v) is 2.72. The first kappa shape index (κ1) is 12.3. The van der Waals surface area contributed by atoms with Crippen molar-refractivity contribution < 1.29 is 5.11 Å².